The number of carbonyl (C=O) groups excluding carboxylic acids is 3. The maximum atomic E-state index is 11.8. The highest BCUT2D eigenvalue weighted by Crippen LogP contribution is 1.97. The van der Waals surface area contributed by atoms with Crippen molar-refractivity contribution in [2.24, 2.45) is 0 Å². The minimum Gasteiger partial charge on any atom is -0.344 e. The van der Waals surface area contributed by atoms with Gasteiger partial charge in [-0.1, -0.05) is 6.58 Å². The van der Waals surface area contributed by atoms with Crippen LogP contribution in [-0.2, 0) is 14.4 Å². The summed E-state index contributed by atoms with van der Waals surface area (Å²) < 4.78 is 0. The Bertz CT molecular complexity index is 379. The first-order chi connectivity index (χ1) is 8.70. The van der Waals surface area contributed by atoms with Gasteiger partial charge in [0.25, 0.3) is 0 Å². The molecule has 0 aromatic carbocycles. The van der Waals surface area contributed by atoms with Crippen molar-refractivity contribution in [3.63, 3.8) is 0 Å². The van der Waals surface area contributed by atoms with Crippen molar-refractivity contribution in [1.29, 1.82) is 0 Å². The Kier molecular flexibility index (Phi) is 7.00. The third-order valence-electron chi connectivity index (χ3n) is 2.75. The molecule has 0 aliphatic carbocycles. The fraction of sp³-hybridized carbons (Fsp3) is 0.615. The first-order valence-electron chi connectivity index (χ1n) is 6.18. The molecule has 0 radical (unpaired) electrons. The number of likely N-dealkylation sites (N-methyl/N-ethyl adjacent to an activating group) is 1. The summed E-state index contributed by atoms with van der Waals surface area (Å²) in [4.78, 5) is 34.9. The lowest BCUT2D eigenvalue weighted by atomic mass is 10.1. The van der Waals surface area contributed by atoms with Crippen LogP contribution in [0.4, 0.5) is 0 Å². The van der Waals surface area contributed by atoms with E-state index in [1.165, 1.54) is 0 Å². The molecule has 6 nitrogen and oxygen atoms in total. The second kappa shape index (κ2) is 7.68. The summed E-state index contributed by atoms with van der Waals surface area (Å²) in [6.07, 6.45) is 0. The minimum absolute atomic E-state index is 0.226. The number of hydrogen-bond donors (Lipinski definition) is 3. The molecule has 0 fully saturated rings. The van der Waals surface area contributed by atoms with Gasteiger partial charge in [0.1, 0.15) is 6.04 Å². The van der Waals surface area contributed by atoms with Crippen LogP contribution in [0, 0.1) is 0 Å². The van der Waals surface area contributed by atoms with Gasteiger partial charge in [0.05, 0.1) is 12.1 Å². The van der Waals surface area contributed by atoms with E-state index in [0.717, 1.165) is 0 Å². The van der Waals surface area contributed by atoms with Crippen LogP contribution in [-0.4, -0.2) is 42.8 Å². The summed E-state index contributed by atoms with van der Waals surface area (Å²) >= 11 is 0. The zero-order chi connectivity index (χ0) is 15.2. The quantitative estimate of drug-likeness (QED) is 0.556. The van der Waals surface area contributed by atoms with Gasteiger partial charge in [-0.25, -0.2) is 0 Å². The van der Waals surface area contributed by atoms with E-state index >= 15 is 0 Å². The Hall–Kier alpha value is -1.69. The van der Waals surface area contributed by atoms with Gasteiger partial charge in [-0.2, -0.15) is 0 Å². The fourth-order valence-electron chi connectivity index (χ4n) is 1.31. The zero-order valence-electron chi connectivity index (χ0n) is 12.2. The van der Waals surface area contributed by atoms with Crippen molar-refractivity contribution >= 4 is 17.6 Å². The summed E-state index contributed by atoms with van der Waals surface area (Å²) in [6, 6.07) is -1.74. The van der Waals surface area contributed by atoms with Crippen LogP contribution >= 0.6 is 0 Å². The molecule has 3 atom stereocenters. The average molecular weight is 269 g/mol. The molecule has 6 heteroatoms. The Labute approximate surface area is 114 Å². The highest BCUT2D eigenvalue weighted by atomic mass is 16.2. The second-order valence-electron chi connectivity index (χ2n) is 4.62. The van der Waals surface area contributed by atoms with Crippen LogP contribution in [0.1, 0.15) is 27.7 Å². The van der Waals surface area contributed by atoms with Gasteiger partial charge in [0.15, 0.2) is 5.78 Å². The van der Waals surface area contributed by atoms with Crippen molar-refractivity contribution < 1.29 is 14.4 Å². The van der Waals surface area contributed by atoms with Crippen LogP contribution in [0.5, 0.6) is 0 Å². The first kappa shape index (κ1) is 17.3. The number of nitrogens with one attached hydrogen (secondary N) is 3. The van der Waals surface area contributed by atoms with Gasteiger partial charge in [0, 0.05) is 0 Å². The number of hydrogen-bond acceptors (Lipinski definition) is 4. The van der Waals surface area contributed by atoms with Gasteiger partial charge in [-0.05, 0) is 40.3 Å². The van der Waals surface area contributed by atoms with E-state index in [9.17, 15) is 14.4 Å². The molecule has 0 unspecified atom stereocenters. The Morgan fingerprint density at radius 2 is 1.32 bits per heavy atom. The fourth-order valence-corrected chi connectivity index (χ4v) is 1.31. The lowest BCUT2D eigenvalue weighted by molar-refractivity contribution is -0.130. The van der Waals surface area contributed by atoms with Crippen molar-refractivity contribution in [3.8, 4) is 0 Å². The smallest absolute Gasteiger partial charge is 0.242 e. The van der Waals surface area contributed by atoms with Gasteiger partial charge in [-0.15, -0.1) is 0 Å². The molecule has 19 heavy (non-hydrogen) atoms. The van der Waals surface area contributed by atoms with Crippen molar-refractivity contribution in [1.82, 2.24) is 16.0 Å². The highest BCUT2D eigenvalue weighted by molar-refractivity contribution is 6.01. The molecule has 0 saturated carbocycles. The average Bonchev–Trinajstić information content (AvgIpc) is 2.35. The van der Waals surface area contributed by atoms with Crippen molar-refractivity contribution in [3.05, 3.63) is 12.2 Å². The molecule has 0 heterocycles. The highest BCUT2D eigenvalue weighted by Gasteiger charge is 2.22. The number of carbonyl (C=O) groups is 3. The molecule has 0 bridgehead atoms. The molecule has 0 aliphatic rings. The van der Waals surface area contributed by atoms with Crippen LogP contribution in [0.3, 0.4) is 0 Å². The van der Waals surface area contributed by atoms with Gasteiger partial charge < -0.3 is 16.0 Å². The second-order valence-corrected chi connectivity index (χ2v) is 4.62. The lowest BCUT2D eigenvalue weighted by Gasteiger charge is -2.19. The molecule has 0 aliphatic heterocycles. The monoisotopic (exact) mass is 269 g/mol. The van der Waals surface area contributed by atoms with Gasteiger partial charge >= 0.3 is 0 Å². The van der Waals surface area contributed by atoms with E-state index in [1.807, 2.05) is 0 Å². The van der Waals surface area contributed by atoms with Crippen LogP contribution in [0.2, 0.25) is 0 Å². The van der Waals surface area contributed by atoms with Gasteiger partial charge in [-0.3, -0.25) is 14.4 Å². The number of amides is 2. The molecule has 0 saturated heterocycles. The minimum atomic E-state index is -0.705. The molecule has 108 valence electrons. The summed E-state index contributed by atoms with van der Waals surface area (Å²) in [5.74, 6) is -0.904. The predicted octanol–water partition coefficient (Wildman–Crippen LogP) is -0.251. The normalized spacial score (nSPS) is 15.0. The molecule has 0 rings (SSSR count). The topological polar surface area (TPSA) is 87.3 Å². The van der Waals surface area contributed by atoms with E-state index in [-0.39, 0.29) is 17.7 Å². The van der Waals surface area contributed by atoms with E-state index in [2.05, 4.69) is 22.5 Å². The maximum absolute atomic E-state index is 11.8. The molecular formula is C13H23N3O3. The van der Waals surface area contributed by atoms with E-state index in [0.29, 0.717) is 5.57 Å². The number of Topliss-reactive ketones (excluding diaryl/α,β-unsaturated/α-hetero) is 1. The van der Waals surface area contributed by atoms with Crippen molar-refractivity contribution in [2.75, 3.05) is 7.05 Å². The predicted molar refractivity (Wildman–Crippen MR) is 73.6 cm³/mol. The molecule has 2 amide bonds. The molecule has 0 spiro atoms. The summed E-state index contributed by atoms with van der Waals surface area (Å²) in [5, 5.41) is 7.87. The number of rotatable bonds is 7. The molecular weight excluding hydrogens is 246 g/mol. The molecule has 0 aromatic rings. The van der Waals surface area contributed by atoms with Gasteiger partial charge in [0.2, 0.25) is 11.8 Å². The first-order valence-corrected chi connectivity index (χ1v) is 6.18. The third-order valence-corrected chi connectivity index (χ3v) is 2.75. The van der Waals surface area contributed by atoms with Crippen LogP contribution < -0.4 is 16.0 Å². The summed E-state index contributed by atoms with van der Waals surface area (Å²) in [6.45, 7) is 9.95. The lowest BCUT2D eigenvalue weighted by Crippen LogP contribution is -2.52. The summed E-state index contributed by atoms with van der Waals surface area (Å²) in [7, 11) is 1.66. The van der Waals surface area contributed by atoms with Crippen molar-refractivity contribution in [2.45, 2.75) is 45.8 Å². The van der Waals surface area contributed by atoms with E-state index in [1.54, 1.807) is 34.7 Å². The Morgan fingerprint density at radius 3 is 1.74 bits per heavy atom. The van der Waals surface area contributed by atoms with E-state index in [4.69, 9.17) is 0 Å². The maximum Gasteiger partial charge on any atom is 0.242 e. The van der Waals surface area contributed by atoms with E-state index < -0.39 is 18.0 Å². The number of ketones is 1. The Morgan fingerprint density at radius 1 is 0.895 bits per heavy atom. The Balaban J connectivity index is 4.39. The third kappa shape index (κ3) is 5.65. The molecule has 3 N–H and O–H groups in total. The standard InChI is InChI=1S/C13H23N3O3/c1-7(2)11(17)8(3)15-13(19)10(5)16-12(18)9(4)14-6/h8-10,14H,1H2,2-6H3,(H,15,19)(H,16,18)/t8-,9-,10-/m0/s1. The van der Waals surface area contributed by atoms with Crippen LogP contribution in [0.15, 0.2) is 12.2 Å². The SMILES string of the molecule is C=C(C)C(=O)[C@H](C)NC(=O)[C@H](C)NC(=O)[C@H](C)NC. The summed E-state index contributed by atoms with van der Waals surface area (Å²) in [5.41, 5.74) is 0.383. The zero-order valence-corrected chi connectivity index (χ0v) is 12.2. The molecule has 0 aromatic heterocycles. The largest absolute Gasteiger partial charge is 0.344 e. The van der Waals surface area contributed by atoms with Crippen LogP contribution in [0.25, 0.3) is 0 Å².